The van der Waals surface area contributed by atoms with Crippen LogP contribution >= 0.6 is 0 Å². The number of rotatable bonds is 7. The first-order valence-electron chi connectivity index (χ1n) is 7.91. The molecule has 140 valence electrons. The predicted octanol–water partition coefficient (Wildman–Crippen LogP) is 0.0370. The molecule has 0 aromatic carbocycles. The van der Waals surface area contributed by atoms with Crippen molar-refractivity contribution in [2.45, 2.75) is 26.8 Å². The van der Waals surface area contributed by atoms with Crippen molar-refractivity contribution in [3.05, 3.63) is 6.33 Å². The summed E-state index contributed by atoms with van der Waals surface area (Å²) in [6.45, 7) is 4.78. The van der Waals surface area contributed by atoms with Gasteiger partial charge in [0.15, 0.2) is 11.5 Å². The number of nitrogens with zero attached hydrogens (tertiary/aromatic N) is 3. The number of ether oxygens (including phenoxy) is 1. The first kappa shape index (κ1) is 19.1. The van der Waals surface area contributed by atoms with E-state index in [4.69, 9.17) is 0 Å². The van der Waals surface area contributed by atoms with Gasteiger partial charge >= 0.3 is 5.97 Å². The number of aromatic amines is 1. The summed E-state index contributed by atoms with van der Waals surface area (Å²) in [5, 5.41) is 7.93. The van der Waals surface area contributed by atoms with Crippen LogP contribution in [0.2, 0.25) is 0 Å². The third-order valence-corrected chi connectivity index (χ3v) is 3.43. The standard InChI is InChI=1S/C15H21N7O4/c1-7(2)10(14(25)26-4)20-9(24)5-16-12-11-13(18-6-17-11)22-15(21-12)19-8(3)23/h6-7,10H,5H2,1-4H3,(H,20,24)(H3,16,17,18,19,21,22,23)/t10-/m0/s1. The number of carbonyl (C=O) groups excluding carboxylic acids is 3. The minimum Gasteiger partial charge on any atom is -0.467 e. The van der Waals surface area contributed by atoms with Gasteiger partial charge in [-0.15, -0.1) is 0 Å². The number of fused-ring (bicyclic) bond motifs is 1. The normalized spacial score (nSPS) is 11.9. The molecule has 0 aliphatic carbocycles. The Morgan fingerprint density at radius 3 is 2.62 bits per heavy atom. The molecule has 2 heterocycles. The molecule has 0 unspecified atom stereocenters. The average Bonchev–Trinajstić information content (AvgIpc) is 3.04. The summed E-state index contributed by atoms with van der Waals surface area (Å²) in [7, 11) is 1.27. The van der Waals surface area contributed by atoms with Gasteiger partial charge in [0.2, 0.25) is 17.8 Å². The third kappa shape index (κ3) is 4.65. The lowest BCUT2D eigenvalue weighted by molar-refractivity contribution is -0.146. The van der Waals surface area contributed by atoms with Gasteiger partial charge in [0, 0.05) is 6.92 Å². The number of carbonyl (C=O) groups is 3. The van der Waals surface area contributed by atoms with Crippen LogP contribution in [0.25, 0.3) is 11.2 Å². The Morgan fingerprint density at radius 1 is 1.27 bits per heavy atom. The molecule has 0 saturated carbocycles. The fourth-order valence-corrected chi connectivity index (χ4v) is 2.19. The topological polar surface area (TPSA) is 151 Å². The quantitative estimate of drug-likeness (QED) is 0.503. The van der Waals surface area contributed by atoms with E-state index in [1.807, 2.05) is 0 Å². The second kappa shape index (κ2) is 8.23. The Balaban J connectivity index is 2.10. The predicted molar refractivity (Wildman–Crippen MR) is 93.3 cm³/mol. The number of hydrogen-bond donors (Lipinski definition) is 4. The van der Waals surface area contributed by atoms with E-state index in [1.54, 1.807) is 13.8 Å². The van der Waals surface area contributed by atoms with E-state index in [9.17, 15) is 14.4 Å². The second-order valence-corrected chi connectivity index (χ2v) is 5.84. The Bertz CT molecular complexity index is 817. The molecule has 4 N–H and O–H groups in total. The number of aromatic nitrogens is 4. The van der Waals surface area contributed by atoms with Crippen molar-refractivity contribution < 1.29 is 19.1 Å². The molecular formula is C15H21N7O4. The molecule has 26 heavy (non-hydrogen) atoms. The molecule has 0 aliphatic heterocycles. The van der Waals surface area contributed by atoms with Gasteiger partial charge in [-0.3, -0.25) is 14.9 Å². The van der Waals surface area contributed by atoms with Gasteiger partial charge in [-0.05, 0) is 5.92 Å². The van der Waals surface area contributed by atoms with E-state index in [-0.39, 0.29) is 24.3 Å². The van der Waals surface area contributed by atoms with Crippen molar-refractivity contribution in [3.8, 4) is 0 Å². The Morgan fingerprint density at radius 2 is 2.00 bits per heavy atom. The van der Waals surface area contributed by atoms with Crippen LogP contribution in [0.5, 0.6) is 0 Å². The molecule has 11 heteroatoms. The van der Waals surface area contributed by atoms with Gasteiger partial charge in [-0.2, -0.15) is 9.97 Å². The monoisotopic (exact) mass is 363 g/mol. The highest BCUT2D eigenvalue weighted by Crippen LogP contribution is 2.18. The molecule has 11 nitrogen and oxygen atoms in total. The highest BCUT2D eigenvalue weighted by atomic mass is 16.5. The molecule has 0 fully saturated rings. The number of methoxy groups -OCH3 is 1. The van der Waals surface area contributed by atoms with Crippen LogP contribution in [-0.2, 0) is 19.1 Å². The number of anilines is 2. The zero-order valence-electron chi connectivity index (χ0n) is 14.9. The van der Waals surface area contributed by atoms with E-state index < -0.39 is 17.9 Å². The van der Waals surface area contributed by atoms with Gasteiger partial charge in [-0.25, -0.2) is 9.78 Å². The number of nitrogens with one attached hydrogen (secondary N) is 4. The van der Waals surface area contributed by atoms with E-state index >= 15 is 0 Å². The zero-order valence-corrected chi connectivity index (χ0v) is 14.9. The van der Waals surface area contributed by atoms with Crippen LogP contribution in [0.15, 0.2) is 6.33 Å². The number of imidazole rings is 1. The van der Waals surface area contributed by atoms with Gasteiger partial charge in [0.25, 0.3) is 0 Å². The summed E-state index contributed by atoms with van der Waals surface area (Å²) in [5.41, 5.74) is 0.821. The average molecular weight is 363 g/mol. The SMILES string of the molecule is COC(=O)[C@@H](NC(=O)CNc1nc(NC(C)=O)nc2nc[nH]c12)C(C)C. The maximum atomic E-state index is 12.2. The van der Waals surface area contributed by atoms with Crippen LogP contribution in [0.4, 0.5) is 11.8 Å². The third-order valence-electron chi connectivity index (χ3n) is 3.43. The van der Waals surface area contributed by atoms with Crippen molar-refractivity contribution in [1.82, 2.24) is 25.3 Å². The summed E-state index contributed by atoms with van der Waals surface area (Å²) in [6.07, 6.45) is 1.42. The largest absolute Gasteiger partial charge is 0.467 e. The Kier molecular flexibility index (Phi) is 6.04. The number of hydrogen-bond acceptors (Lipinski definition) is 8. The van der Waals surface area contributed by atoms with Gasteiger partial charge in [0.1, 0.15) is 11.6 Å². The summed E-state index contributed by atoms with van der Waals surface area (Å²) < 4.78 is 4.69. The minimum absolute atomic E-state index is 0.0645. The Hall–Kier alpha value is -3.24. The van der Waals surface area contributed by atoms with Crippen LogP contribution in [0.1, 0.15) is 20.8 Å². The summed E-state index contributed by atoms with van der Waals surface area (Å²) in [6, 6.07) is -0.748. The van der Waals surface area contributed by atoms with Crippen LogP contribution < -0.4 is 16.0 Å². The number of esters is 1. The van der Waals surface area contributed by atoms with E-state index in [0.717, 1.165) is 0 Å². The molecule has 0 spiro atoms. The molecule has 0 saturated heterocycles. The second-order valence-electron chi connectivity index (χ2n) is 5.84. The van der Waals surface area contributed by atoms with Gasteiger partial charge in [-0.1, -0.05) is 13.8 Å². The zero-order chi connectivity index (χ0) is 19.3. The van der Waals surface area contributed by atoms with Crippen LogP contribution in [-0.4, -0.2) is 57.4 Å². The fourth-order valence-electron chi connectivity index (χ4n) is 2.19. The van der Waals surface area contributed by atoms with Gasteiger partial charge < -0.3 is 20.4 Å². The smallest absolute Gasteiger partial charge is 0.328 e. The molecule has 0 bridgehead atoms. The first-order chi connectivity index (χ1) is 12.3. The molecule has 2 rings (SSSR count). The highest BCUT2D eigenvalue weighted by molar-refractivity contribution is 5.91. The van der Waals surface area contributed by atoms with E-state index in [2.05, 4.69) is 40.6 Å². The lowest BCUT2D eigenvalue weighted by atomic mass is 10.0. The first-order valence-corrected chi connectivity index (χ1v) is 7.91. The van der Waals surface area contributed by atoms with Crippen molar-refractivity contribution in [2.75, 3.05) is 24.3 Å². The molecule has 0 aliphatic rings. The summed E-state index contributed by atoms with van der Waals surface area (Å²) in [4.78, 5) is 50.2. The van der Waals surface area contributed by atoms with Gasteiger partial charge in [0.05, 0.1) is 20.0 Å². The molecular weight excluding hydrogens is 342 g/mol. The molecule has 1 atom stereocenters. The number of H-pyrrole nitrogens is 1. The lowest BCUT2D eigenvalue weighted by Crippen LogP contribution is -2.46. The summed E-state index contributed by atoms with van der Waals surface area (Å²) in [5.74, 6) is -1.03. The Labute approximate surface area is 149 Å². The van der Waals surface area contributed by atoms with E-state index in [1.165, 1.54) is 20.4 Å². The maximum Gasteiger partial charge on any atom is 0.328 e. The molecule has 2 aromatic rings. The van der Waals surface area contributed by atoms with E-state index in [0.29, 0.717) is 17.0 Å². The number of amides is 2. The van der Waals surface area contributed by atoms with Crippen LogP contribution in [0, 0.1) is 5.92 Å². The van der Waals surface area contributed by atoms with Crippen molar-refractivity contribution >= 4 is 40.7 Å². The highest BCUT2D eigenvalue weighted by Gasteiger charge is 2.24. The molecule has 0 radical (unpaired) electrons. The maximum absolute atomic E-state index is 12.2. The lowest BCUT2D eigenvalue weighted by Gasteiger charge is -2.20. The van der Waals surface area contributed by atoms with Crippen molar-refractivity contribution in [3.63, 3.8) is 0 Å². The van der Waals surface area contributed by atoms with Crippen molar-refractivity contribution in [2.24, 2.45) is 5.92 Å². The summed E-state index contributed by atoms with van der Waals surface area (Å²) >= 11 is 0. The van der Waals surface area contributed by atoms with Crippen molar-refractivity contribution in [1.29, 1.82) is 0 Å². The minimum atomic E-state index is -0.748. The fraction of sp³-hybridized carbons (Fsp3) is 0.467. The van der Waals surface area contributed by atoms with Crippen LogP contribution in [0.3, 0.4) is 0 Å². The molecule has 2 amide bonds. The molecule has 2 aromatic heterocycles.